The average Bonchev–Trinajstić information content (AvgIpc) is 3.05. The van der Waals surface area contributed by atoms with Gasteiger partial charge in [0.1, 0.15) is 0 Å². The molecule has 0 fully saturated rings. The summed E-state index contributed by atoms with van der Waals surface area (Å²) in [6.45, 7) is 3.31. The molecule has 0 aliphatic carbocycles. The minimum Gasteiger partial charge on any atom is -0.384 e. The van der Waals surface area contributed by atoms with Gasteiger partial charge in [0.2, 0.25) is 0 Å². The highest BCUT2D eigenvalue weighted by Crippen LogP contribution is 2.33. The summed E-state index contributed by atoms with van der Waals surface area (Å²) < 4.78 is 0. The van der Waals surface area contributed by atoms with E-state index in [-0.39, 0.29) is 0 Å². The van der Waals surface area contributed by atoms with Crippen LogP contribution in [0, 0.1) is 0 Å². The minimum absolute atomic E-state index is 0.669. The van der Waals surface area contributed by atoms with Crippen molar-refractivity contribution in [1.29, 1.82) is 0 Å². The lowest BCUT2D eigenvalue weighted by Gasteiger charge is -2.18. The van der Waals surface area contributed by atoms with Crippen molar-refractivity contribution in [2.75, 3.05) is 25.5 Å². The van der Waals surface area contributed by atoms with Gasteiger partial charge in [-0.05, 0) is 43.1 Å². The first-order valence-corrected chi connectivity index (χ1v) is 7.74. The van der Waals surface area contributed by atoms with Crippen LogP contribution >= 0.6 is 11.3 Å². The first-order valence-electron chi connectivity index (χ1n) is 6.86. The molecule has 0 saturated carbocycles. The van der Waals surface area contributed by atoms with E-state index in [1.165, 1.54) is 22.5 Å². The summed E-state index contributed by atoms with van der Waals surface area (Å²) in [6.07, 6.45) is 1.23. The zero-order valence-electron chi connectivity index (χ0n) is 11.3. The van der Waals surface area contributed by atoms with Crippen molar-refractivity contribution in [3.05, 3.63) is 52.2 Å². The number of benzene rings is 1. The number of anilines is 1. The second-order valence-electron chi connectivity index (χ2n) is 5.27. The molecule has 2 aromatic rings. The van der Waals surface area contributed by atoms with Gasteiger partial charge in [-0.3, -0.25) is 0 Å². The van der Waals surface area contributed by atoms with Crippen molar-refractivity contribution in [3.63, 3.8) is 0 Å². The largest absolute Gasteiger partial charge is 0.384 e. The molecule has 0 radical (unpaired) electrons. The van der Waals surface area contributed by atoms with Crippen LogP contribution in [0.5, 0.6) is 0 Å². The smallest absolute Gasteiger partial charge is 0.0376 e. The molecule has 0 amide bonds. The molecule has 3 heteroatoms. The van der Waals surface area contributed by atoms with E-state index < -0.39 is 0 Å². The standard InChI is InChI=1S/C16H20N2S/c1-18(12-14-5-4-10-19-14)9-8-13-11-17-16-7-3-2-6-15(13)16/h2-7,10,13,17H,8-9,11-12H2,1H3. The van der Waals surface area contributed by atoms with E-state index in [1.807, 2.05) is 11.3 Å². The number of fused-ring (bicyclic) bond motifs is 1. The molecule has 0 bridgehead atoms. The zero-order valence-corrected chi connectivity index (χ0v) is 12.1. The van der Waals surface area contributed by atoms with Gasteiger partial charge in [0.25, 0.3) is 0 Å². The molecule has 1 aromatic carbocycles. The van der Waals surface area contributed by atoms with Gasteiger partial charge in [0, 0.05) is 29.6 Å². The van der Waals surface area contributed by atoms with Gasteiger partial charge < -0.3 is 10.2 Å². The lowest BCUT2D eigenvalue weighted by atomic mass is 9.98. The number of hydrogen-bond donors (Lipinski definition) is 1. The second kappa shape index (κ2) is 5.76. The Hall–Kier alpha value is -1.32. The van der Waals surface area contributed by atoms with Crippen LogP contribution in [0.25, 0.3) is 0 Å². The third-order valence-corrected chi connectivity index (χ3v) is 4.67. The molecule has 1 N–H and O–H groups in total. The highest BCUT2D eigenvalue weighted by atomic mass is 32.1. The van der Waals surface area contributed by atoms with E-state index >= 15 is 0 Å². The predicted molar refractivity (Wildman–Crippen MR) is 82.9 cm³/mol. The summed E-state index contributed by atoms with van der Waals surface area (Å²) >= 11 is 1.84. The third kappa shape index (κ3) is 2.99. The SMILES string of the molecule is CN(CCC1CNc2ccccc21)Cc1cccs1. The molecule has 1 aliphatic heterocycles. The van der Waals surface area contributed by atoms with E-state index in [9.17, 15) is 0 Å². The molecule has 19 heavy (non-hydrogen) atoms. The summed E-state index contributed by atoms with van der Waals surface area (Å²) in [5, 5.41) is 5.66. The van der Waals surface area contributed by atoms with Crippen LogP contribution in [0.3, 0.4) is 0 Å². The Balaban J connectivity index is 1.53. The van der Waals surface area contributed by atoms with Crippen molar-refractivity contribution in [1.82, 2.24) is 4.90 Å². The van der Waals surface area contributed by atoms with Crippen molar-refractivity contribution >= 4 is 17.0 Å². The number of thiophene rings is 1. The van der Waals surface area contributed by atoms with Gasteiger partial charge in [-0.25, -0.2) is 0 Å². The van der Waals surface area contributed by atoms with E-state index in [0.29, 0.717) is 5.92 Å². The Kier molecular flexibility index (Phi) is 3.85. The highest BCUT2D eigenvalue weighted by molar-refractivity contribution is 7.09. The van der Waals surface area contributed by atoms with E-state index in [4.69, 9.17) is 0 Å². The van der Waals surface area contributed by atoms with Crippen LogP contribution in [-0.4, -0.2) is 25.0 Å². The molecular formula is C16H20N2S. The summed E-state index contributed by atoms with van der Waals surface area (Å²) in [5.41, 5.74) is 2.82. The average molecular weight is 272 g/mol. The molecule has 0 spiro atoms. The molecule has 1 aliphatic rings. The molecular weight excluding hydrogens is 252 g/mol. The van der Waals surface area contributed by atoms with E-state index in [2.05, 4.69) is 59.0 Å². The number of rotatable bonds is 5. The molecule has 1 unspecified atom stereocenters. The van der Waals surface area contributed by atoms with E-state index in [0.717, 1.165) is 19.6 Å². The summed E-state index contributed by atoms with van der Waals surface area (Å²) in [5.74, 6) is 0.669. The van der Waals surface area contributed by atoms with Crippen LogP contribution in [0.2, 0.25) is 0 Å². The Morgan fingerprint density at radius 3 is 3.00 bits per heavy atom. The normalized spacial score (nSPS) is 17.5. The van der Waals surface area contributed by atoms with Crippen molar-refractivity contribution in [3.8, 4) is 0 Å². The molecule has 0 saturated heterocycles. The maximum Gasteiger partial charge on any atom is 0.0376 e. The lowest BCUT2D eigenvalue weighted by molar-refractivity contribution is 0.316. The third-order valence-electron chi connectivity index (χ3n) is 3.80. The van der Waals surface area contributed by atoms with Crippen molar-refractivity contribution < 1.29 is 0 Å². The van der Waals surface area contributed by atoms with Gasteiger partial charge in [0.15, 0.2) is 0 Å². The van der Waals surface area contributed by atoms with Gasteiger partial charge in [-0.1, -0.05) is 24.3 Å². The Morgan fingerprint density at radius 2 is 2.16 bits per heavy atom. The highest BCUT2D eigenvalue weighted by Gasteiger charge is 2.21. The van der Waals surface area contributed by atoms with Crippen molar-refractivity contribution in [2.24, 2.45) is 0 Å². The first kappa shape index (κ1) is 12.7. The van der Waals surface area contributed by atoms with Crippen LogP contribution in [-0.2, 0) is 6.54 Å². The van der Waals surface area contributed by atoms with Gasteiger partial charge in [-0.2, -0.15) is 0 Å². The topological polar surface area (TPSA) is 15.3 Å². The maximum absolute atomic E-state index is 3.50. The van der Waals surface area contributed by atoms with Gasteiger partial charge in [-0.15, -0.1) is 11.3 Å². The van der Waals surface area contributed by atoms with Crippen LogP contribution in [0.15, 0.2) is 41.8 Å². The Morgan fingerprint density at radius 1 is 1.26 bits per heavy atom. The number of hydrogen-bond acceptors (Lipinski definition) is 3. The fraction of sp³-hybridized carbons (Fsp3) is 0.375. The minimum atomic E-state index is 0.669. The summed E-state index contributed by atoms with van der Waals surface area (Å²) in [4.78, 5) is 3.87. The number of para-hydroxylation sites is 1. The Labute approximate surface area is 119 Å². The molecule has 1 aromatic heterocycles. The zero-order chi connectivity index (χ0) is 13.1. The van der Waals surface area contributed by atoms with Gasteiger partial charge in [0.05, 0.1) is 0 Å². The quantitative estimate of drug-likeness (QED) is 0.891. The predicted octanol–water partition coefficient (Wildman–Crippen LogP) is 3.78. The first-order chi connectivity index (χ1) is 9.33. The van der Waals surface area contributed by atoms with Crippen LogP contribution in [0.4, 0.5) is 5.69 Å². The maximum atomic E-state index is 3.50. The molecule has 3 rings (SSSR count). The van der Waals surface area contributed by atoms with Crippen molar-refractivity contribution in [2.45, 2.75) is 18.9 Å². The Bertz CT molecular complexity index is 521. The summed E-state index contributed by atoms with van der Waals surface area (Å²) in [6, 6.07) is 13.0. The van der Waals surface area contributed by atoms with E-state index in [1.54, 1.807) is 0 Å². The fourth-order valence-electron chi connectivity index (χ4n) is 2.74. The molecule has 1 atom stereocenters. The van der Waals surface area contributed by atoms with Gasteiger partial charge >= 0.3 is 0 Å². The number of nitrogens with one attached hydrogen (secondary N) is 1. The summed E-state index contributed by atoms with van der Waals surface area (Å²) in [7, 11) is 2.22. The second-order valence-corrected chi connectivity index (χ2v) is 6.30. The monoisotopic (exact) mass is 272 g/mol. The molecule has 2 nitrogen and oxygen atoms in total. The molecule has 100 valence electrons. The lowest BCUT2D eigenvalue weighted by Crippen LogP contribution is -2.20. The molecule has 2 heterocycles. The number of nitrogens with zero attached hydrogens (tertiary/aromatic N) is 1. The van der Waals surface area contributed by atoms with Crippen LogP contribution in [0.1, 0.15) is 22.8 Å². The van der Waals surface area contributed by atoms with Crippen LogP contribution < -0.4 is 5.32 Å². The fourth-order valence-corrected chi connectivity index (χ4v) is 3.52.